The van der Waals surface area contributed by atoms with Gasteiger partial charge in [-0.1, -0.05) is 224 Å². The molecule has 0 aromatic rings. The van der Waals surface area contributed by atoms with Gasteiger partial charge in [-0.15, -0.1) is 0 Å². The number of ether oxygens (including phenoxy) is 4. The highest BCUT2D eigenvalue weighted by Crippen LogP contribution is 2.14. The molecule has 0 aromatic heterocycles. The van der Waals surface area contributed by atoms with Crippen molar-refractivity contribution in [1.82, 2.24) is 0 Å². The van der Waals surface area contributed by atoms with Crippen molar-refractivity contribution >= 4 is 17.9 Å². The van der Waals surface area contributed by atoms with E-state index in [1.165, 1.54) is 44.9 Å². The predicted molar refractivity (Wildman–Crippen MR) is 324 cm³/mol. The molecule has 0 heterocycles. The van der Waals surface area contributed by atoms with Crippen molar-refractivity contribution in [3.63, 3.8) is 0 Å². The van der Waals surface area contributed by atoms with Gasteiger partial charge in [0.05, 0.1) is 40.3 Å². The Labute approximate surface area is 471 Å². The molecular weight excluding hydrogens is 959 g/mol. The van der Waals surface area contributed by atoms with E-state index >= 15 is 0 Å². The number of unbranched alkanes of at least 4 members (excludes halogenated alkanes) is 14. The maximum Gasteiger partial charge on any atom is 0.306 e. The summed E-state index contributed by atoms with van der Waals surface area (Å²) in [5, 5.41) is 11.8. The van der Waals surface area contributed by atoms with Crippen LogP contribution in [0.1, 0.15) is 206 Å². The molecule has 0 amide bonds. The van der Waals surface area contributed by atoms with Crippen LogP contribution in [0.25, 0.3) is 0 Å². The standard InChI is InChI=1S/C68H109NO8/c1-6-8-10-12-14-16-18-20-21-22-23-24-25-26-27-28-29-30-31-32-33-34-35-36-37-38-39-40-41-42-43-44-45-47-49-51-53-55-57-59-66(71)77-64(63-76-68(67(72)73)74-61-60-69(3,4)5)62-75-65(70)58-56-54-52-50-48-46-19-17-15-13-11-9-7-2/h8-11,14-17,20-21,23-24,26-27,29-30,32-33,35-36,38-39,46,48,64,68H,6-7,12-13,18-19,22,25,28,31,34,37,40-45,47,49-63H2,1-5H3/b10-8-,11-9-,16-14-,17-15-,21-20-,24-23-,27-26-,30-29-,33-32-,36-35-,39-38-,48-46-. The van der Waals surface area contributed by atoms with Gasteiger partial charge in [0.15, 0.2) is 12.4 Å². The van der Waals surface area contributed by atoms with Crippen LogP contribution >= 0.6 is 0 Å². The van der Waals surface area contributed by atoms with Gasteiger partial charge in [0.2, 0.25) is 0 Å². The molecule has 0 saturated heterocycles. The van der Waals surface area contributed by atoms with Gasteiger partial charge in [0, 0.05) is 12.8 Å². The SMILES string of the molecule is CC/C=C\C/C=C\C/C=C\C/C=C\C/C=C\C/C=C\C/C=C\C/C=C\C/C=C\CCCCCCCCCCCCCC(=O)OC(COC(=O)CCCCC/C=C\C/C=C\C/C=C\CC)COC(OCC[N+](C)(C)C)C(=O)[O-]. The summed E-state index contributed by atoms with van der Waals surface area (Å²) in [6.45, 7) is 4.45. The van der Waals surface area contributed by atoms with Crippen molar-refractivity contribution in [2.24, 2.45) is 0 Å². The lowest BCUT2D eigenvalue weighted by atomic mass is 10.0. The number of hydrogen-bond acceptors (Lipinski definition) is 8. The van der Waals surface area contributed by atoms with Crippen LogP contribution in [0.15, 0.2) is 146 Å². The van der Waals surface area contributed by atoms with Gasteiger partial charge >= 0.3 is 11.9 Å². The van der Waals surface area contributed by atoms with Crippen molar-refractivity contribution in [3.8, 4) is 0 Å². The highest BCUT2D eigenvalue weighted by molar-refractivity contribution is 5.70. The van der Waals surface area contributed by atoms with Crippen molar-refractivity contribution in [1.29, 1.82) is 0 Å². The number of carboxylic acids is 1. The number of quaternary nitrogens is 1. The molecule has 0 aliphatic heterocycles. The second-order valence-corrected chi connectivity index (χ2v) is 20.5. The Hall–Kier alpha value is -4.83. The quantitative estimate of drug-likeness (QED) is 0.0195. The molecule has 0 aromatic carbocycles. The maximum atomic E-state index is 12.9. The van der Waals surface area contributed by atoms with Gasteiger partial charge in [-0.05, 0) is 116 Å². The molecule has 0 rings (SSSR count). The summed E-state index contributed by atoms with van der Waals surface area (Å²) in [7, 11) is 5.90. The minimum atomic E-state index is -1.64. The van der Waals surface area contributed by atoms with Crippen LogP contribution in [0.3, 0.4) is 0 Å². The van der Waals surface area contributed by atoms with Crippen molar-refractivity contribution in [3.05, 3.63) is 146 Å². The molecule has 0 N–H and O–H groups in total. The van der Waals surface area contributed by atoms with Crippen molar-refractivity contribution in [2.75, 3.05) is 47.5 Å². The first-order valence-electron chi connectivity index (χ1n) is 30.0. The highest BCUT2D eigenvalue weighted by atomic mass is 16.7. The first-order chi connectivity index (χ1) is 37.6. The van der Waals surface area contributed by atoms with E-state index in [1.807, 2.05) is 21.1 Å². The molecule has 2 unspecified atom stereocenters. The number of aliphatic carboxylic acids is 1. The lowest BCUT2D eigenvalue weighted by Gasteiger charge is -2.26. The fourth-order valence-electron chi connectivity index (χ4n) is 7.54. The number of hydrogen-bond donors (Lipinski definition) is 0. The Kier molecular flexibility index (Phi) is 53.8. The van der Waals surface area contributed by atoms with Crippen molar-refractivity contribution < 1.29 is 42.9 Å². The maximum absolute atomic E-state index is 12.9. The molecule has 9 heteroatoms. The number of carbonyl (C=O) groups is 3. The normalized spacial score (nSPS) is 13.8. The molecule has 0 spiro atoms. The molecule has 9 nitrogen and oxygen atoms in total. The van der Waals surface area contributed by atoms with Gasteiger partial charge in [-0.25, -0.2) is 0 Å². The van der Waals surface area contributed by atoms with E-state index < -0.39 is 30.3 Å². The van der Waals surface area contributed by atoms with E-state index in [0.29, 0.717) is 23.9 Å². The van der Waals surface area contributed by atoms with Gasteiger partial charge in [-0.2, -0.15) is 0 Å². The number of allylic oxidation sites excluding steroid dienone is 24. The monoisotopic (exact) mass is 1070 g/mol. The van der Waals surface area contributed by atoms with Crippen LogP contribution in [0, 0.1) is 0 Å². The van der Waals surface area contributed by atoms with Gasteiger partial charge in [0.25, 0.3) is 0 Å². The summed E-state index contributed by atoms with van der Waals surface area (Å²) in [5.74, 6) is -2.34. The molecule has 0 radical (unpaired) electrons. The number of carboxylic acid groups (broad SMARTS) is 1. The lowest BCUT2D eigenvalue weighted by molar-refractivity contribution is -0.870. The number of esters is 2. The van der Waals surface area contributed by atoms with Crippen LogP contribution in [0.2, 0.25) is 0 Å². The Balaban J connectivity index is 4.15. The molecule has 2 atom stereocenters. The highest BCUT2D eigenvalue weighted by Gasteiger charge is 2.22. The molecule has 0 bridgehead atoms. The molecule has 0 aliphatic rings. The molecular formula is C68H109NO8. The number of likely N-dealkylation sites (N-methyl/N-ethyl adjacent to an activating group) is 1. The molecule has 0 aliphatic carbocycles. The fourth-order valence-corrected chi connectivity index (χ4v) is 7.54. The summed E-state index contributed by atoms with van der Waals surface area (Å²) < 4.78 is 22.6. The predicted octanol–water partition coefficient (Wildman–Crippen LogP) is 16.7. The summed E-state index contributed by atoms with van der Waals surface area (Å²) in [6, 6.07) is 0. The third kappa shape index (κ3) is 58.7. The second kappa shape index (κ2) is 57.3. The van der Waals surface area contributed by atoms with E-state index in [9.17, 15) is 19.5 Å². The number of carbonyl (C=O) groups excluding carboxylic acids is 3. The van der Waals surface area contributed by atoms with Crippen LogP contribution in [0.4, 0.5) is 0 Å². The summed E-state index contributed by atoms with van der Waals surface area (Å²) >= 11 is 0. The first kappa shape index (κ1) is 72.2. The van der Waals surface area contributed by atoms with Crippen LogP contribution in [0.5, 0.6) is 0 Å². The minimum absolute atomic E-state index is 0.135. The topological polar surface area (TPSA) is 111 Å². The Morgan fingerprint density at radius 1 is 0.390 bits per heavy atom. The zero-order valence-corrected chi connectivity index (χ0v) is 49.3. The number of rotatable bonds is 53. The van der Waals surface area contributed by atoms with Gasteiger partial charge < -0.3 is 33.3 Å². The van der Waals surface area contributed by atoms with Gasteiger partial charge in [0.1, 0.15) is 13.2 Å². The van der Waals surface area contributed by atoms with E-state index in [4.69, 9.17) is 18.9 Å². The van der Waals surface area contributed by atoms with Gasteiger partial charge in [-0.3, -0.25) is 9.59 Å². The summed E-state index contributed by atoms with van der Waals surface area (Å²) in [6.07, 6.45) is 80.6. The van der Waals surface area contributed by atoms with Crippen LogP contribution in [-0.4, -0.2) is 82.3 Å². The Bertz CT molecular complexity index is 1770. The van der Waals surface area contributed by atoms with E-state index in [-0.39, 0.29) is 32.7 Å². The largest absolute Gasteiger partial charge is 0.545 e. The third-order valence-electron chi connectivity index (χ3n) is 12.1. The van der Waals surface area contributed by atoms with Crippen molar-refractivity contribution in [2.45, 2.75) is 219 Å². The molecule has 0 fully saturated rings. The summed E-state index contributed by atoms with van der Waals surface area (Å²) in [5.41, 5.74) is 0. The number of nitrogens with zero attached hydrogens (tertiary/aromatic N) is 1. The molecule has 77 heavy (non-hydrogen) atoms. The zero-order chi connectivity index (χ0) is 56.2. The zero-order valence-electron chi connectivity index (χ0n) is 49.3. The molecule has 434 valence electrons. The van der Waals surface area contributed by atoms with E-state index in [0.717, 1.165) is 122 Å². The van der Waals surface area contributed by atoms with E-state index in [2.05, 4.69) is 160 Å². The van der Waals surface area contributed by atoms with Crippen LogP contribution in [-0.2, 0) is 33.3 Å². The molecule has 0 saturated carbocycles. The Morgan fingerprint density at radius 3 is 1.05 bits per heavy atom. The average molecular weight is 1070 g/mol. The van der Waals surface area contributed by atoms with Crippen LogP contribution < -0.4 is 5.11 Å². The lowest BCUT2D eigenvalue weighted by Crippen LogP contribution is -2.44. The Morgan fingerprint density at radius 2 is 0.701 bits per heavy atom. The average Bonchev–Trinajstić information content (AvgIpc) is 3.40. The first-order valence-corrected chi connectivity index (χ1v) is 30.0. The second-order valence-electron chi connectivity index (χ2n) is 20.5. The smallest absolute Gasteiger partial charge is 0.306 e. The third-order valence-corrected chi connectivity index (χ3v) is 12.1. The summed E-state index contributed by atoms with van der Waals surface area (Å²) in [4.78, 5) is 37.2. The minimum Gasteiger partial charge on any atom is -0.545 e. The fraction of sp³-hybridized carbons (Fsp3) is 0.603. The van der Waals surface area contributed by atoms with E-state index in [1.54, 1.807) is 0 Å².